The molecule has 0 saturated carbocycles. The summed E-state index contributed by atoms with van der Waals surface area (Å²) < 4.78 is 3.16. The first-order valence-corrected chi connectivity index (χ1v) is 25.3. The molecule has 6 aromatic rings. The van der Waals surface area contributed by atoms with Gasteiger partial charge in [0.1, 0.15) is 35.6 Å². The Hall–Kier alpha value is -8.83. The predicted molar refractivity (Wildman–Crippen MR) is 269 cm³/mol. The van der Waals surface area contributed by atoms with Crippen LogP contribution in [-0.2, 0) is 37.1 Å². The van der Waals surface area contributed by atoms with Gasteiger partial charge in [-0.1, -0.05) is 10.4 Å². The Morgan fingerprint density at radius 3 is 1.43 bits per heavy atom. The summed E-state index contributed by atoms with van der Waals surface area (Å²) in [6, 6.07) is 9.56. The van der Waals surface area contributed by atoms with Gasteiger partial charge in [0, 0.05) is 81.9 Å². The lowest BCUT2D eigenvalue weighted by Crippen LogP contribution is -2.57. The van der Waals surface area contributed by atoms with Crippen LogP contribution in [0.4, 0.5) is 0 Å². The largest absolute Gasteiger partial charge is 0.368 e. The number of nitrogens with two attached hydrogens (primary N) is 1. The van der Waals surface area contributed by atoms with E-state index in [9.17, 15) is 33.6 Å². The number of likely N-dealkylation sites (tertiary alicyclic amines) is 4. The van der Waals surface area contributed by atoms with Crippen LogP contribution in [0.2, 0.25) is 0 Å². The van der Waals surface area contributed by atoms with Crippen molar-refractivity contribution in [2.24, 2.45) is 5.73 Å². The van der Waals surface area contributed by atoms with Gasteiger partial charge in [0.15, 0.2) is 0 Å². The van der Waals surface area contributed by atoms with Gasteiger partial charge in [-0.3, -0.25) is 53.5 Å². The normalized spacial score (nSPS) is 21.2. The highest BCUT2D eigenvalue weighted by atomic mass is 16.2. The molecule has 7 amide bonds. The first-order chi connectivity index (χ1) is 36.7. The molecule has 10 heterocycles. The minimum absolute atomic E-state index is 0.0523. The van der Waals surface area contributed by atoms with Crippen LogP contribution < -0.4 is 16.4 Å². The van der Waals surface area contributed by atoms with Crippen LogP contribution in [0.15, 0.2) is 85.7 Å². The fraction of sp³-hybridized carbons (Fsp3) is 0.404. The van der Waals surface area contributed by atoms with Crippen LogP contribution in [0.5, 0.6) is 0 Å². The number of rotatable bonds is 14. The van der Waals surface area contributed by atoms with Gasteiger partial charge in [0.05, 0.1) is 60.3 Å². The van der Waals surface area contributed by atoms with Gasteiger partial charge in [-0.25, -0.2) is 9.36 Å². The Morgan fingerprint density at radius 1 is 0.553 bits per heavy atom. The maximum atomic E-state index is 14.6. The molecule has 76 heavy (non-hydrogen) atoms. The monoisotopic (exact) mass is 1030 g/mol. The average Bonchev–Trinajstić information content (AvgIpc) is 4.30. The van der Waals surface area contributed by atoms with Crippen LogP contribution >= 0.6 is 0 Å². The number of hydrogen-bond donors (Lipinski definition) is 3. The topological polar surface area (TPSA) is 296 Å². The van der Waals surface area contributed by atoms with Crippen molar-refractivity contribution in [3.63, 3.8) is 0 Å². The van der Waals surface area contributed by atoms with Crippen molar-refractivity contribution in [3.05, 3.63) is 119 Å². The lowest BCUT2D eigenvalue weighted by atomic mass is 10.1. The number of hydrogen-bond acceptors (Lipinski definition) is 15. The number of pyridine rings is 4. The molecule has 24 heteroatoms. The molecule has 0 bridgehead atoms. The van der Waals surface area contributed by atoms with Crippen molar-refractivity contribution in [3.8, 4) is 22.8 Å². The maximum Gasteiger partial charge on any atom is 0.251 e. The fourth-order valence-electron chi connectivity index (χ4n) is 10.7. The fourth-order valence-corrected chi connectivity index (χ4v) is 10.7. The number of aryl methyl sites for hydroxylation is 2. The smallest absolute Gasteiger partial charge is 0.251 e. The molecular weight excluding hydrogens is 975 g/mol. The van der Waals surface area contributed by atoms with E-state index in [0.717, 1.165) is 11.1 Å². The molecule has 4 aliphatic heterocycles. The average molecular weight is 1030 g/mol. The van der Waals surface area contributed by atoms with Crippen molar-refractivity contribution in [2.45, 2.75) is 109 Å². The molecule has 24 nitrogen and oxygen atoms in total. The summed E-state index contributed by atoms with van der Waals surface area (Å²) in [6.45, 7) is 6.23. The quantitative estimate of drug-likeness (QED) is 0.140. The number of aromatic nitrogens is 10. The molecule has 392 valence electrons. The summed E-state index contributed by atoms with van der Waals surface area (Å²) in [5.41, 5.74) is 12.0. The van der Waals surface area contributed by atoms with Crippen LogP contribution in [0.1, 0.15) is 101 Å². The van der Waals surface area contributed by atoms with Gasteiger partial charge >= 0.3 is 0 Å². The third kappa shape index (κ3) is 10.6. The first kappa shape index (κ1) is 50.7. The molecular formula is C52H57N17O7. The van der Waals surface area contributed by atoms with Gasteiger partial charge in [-0.15, -0.1) is 10.2 Å². The SMILES string of the molecule is CC(=O)N1C[C@@H](n2cc(CNC(=O)c3ccnc(-c4cc(C)ccn4)c3)nn2)C[C@H]1C(=O)N1CCC[C@H]1C(=O)N1CCC[C@H]1C(=O)N1C[C@@H](n2cc(CNC(=O)c3ccnc(-c4cc(C)ccn4)c3)nn2)C[C@H]1C(N)=O. The second kappa shape index (κ2) is 21.6. The zero-order chi connectivity index (χ0) is 53.2. The summed E-state index contributed by atoms with van der Waals surface area (Å²) in [4.78, 5) is 119. The van der Waals surface area contributed by atoms with E-state index in [-0.39, 0.29) is 75.1 Å². The standard InChI is InChI=1S/C52H57N17O7/c1-30-8-12-54-39(18-30)41-20-33(10-14-56-41)48(72)58-24-35-26-68(62-60-35)37-22-45(47(53)71)67(29-37)51(75)44-7-5-16-64(44)50(74)43-6-4-17-65(43)52(76)46-23-38(28-66(46)32(3)70)69-27-36(61-63-69)25-59-49(73)34-11-15-57-42(21-34)40-19-31(2)9-13-55-40/h8-15,18-21,26-27,37-38,43-46H,4-7,16-17,22-25,28-29H2,1-3H3,(H2,53,71)(H,58,72)(H,59,73)/t37-,38-,43-,44-,45-,46-/m0/s1. The molecule has 4 N–H and O–H groups in total. The molecule has 0 unspecified atom stereocenters. The van der Waals surface area contributed by atoms with Gasteiger partial charge in [0.25, 0.3) is 11.8 Å². The minimum Gasteiger partial charge on any atom is -0.368 e. The van der Waals surface area contributed by atoms with Crippen LogP contribution in [0.25, 0.3) is 22.8 Å². The van der Waals surface area contributed by atoms with Crippen molar-refractivity contribution < 1.29 is 33.6 Å². The number of carbonyl (C=O) groups is 7. The van der Waals surface area contributed by atoms with E-state index in [2.05, 4.69) is 51.2 Å². The molecule has 10 rings (SSSR count). The number of amides is 7. The van der Waals surface area contributed by atoms with Crippen LogP contribution in [-0.4, -0.2) is 161 Å². The minimum atomic E-state index is -0.980. The highest BCUT2D eigenvalue weighted by Gasteiger charge is 2.49. The molecule has 4 aliphatic rings. The van der Waals surface area contributed by atoms with Gasteiger partial charge in [-0.05, 0) is 99.2 Å². The van der Waals surface area contributed by atoms with Crippen molar-refractivity contribution in [2.75, 3.05) is 26.2 Å². The zero-order valence-corrected chi connectivity index (χ0v) is 42.2. The zero-order valence-electron chi connectivity index (χ0n) is 42.2. The van der Waals surface area contributed by atoms with E-state index in [0.29, 0.717) is 77.5 Å². The van der Waals surface area contributed by atoms with E-state index in [1.165, 1.54) is 26.5 Å². The summed E-state index contributed by atoms with van der Waals surface area (Å²) in [7, 11) is 0. The Bertz CT molecular complexity index is 3020. The van der Waals surface area contributed by atoms with Gasteiger partial charge in [0.2, 0.25) is 29.5 Å². The highest BCUT2D eigenvalue weighted by molar-refractivity contribution is 5.97. The summed E-state index contributed by atoms with van der Waals surface area (Å²) in [5.74, 6) is -2.86. The molecule has 4 fully saturated rings. The van der Waals surface area contributed by atoms with E-state index in [1.54, 1.807) is 70.8 Å². The number of carbonyl (C=O) groups excluding carboxylic acids is 7. The number of nitrogens with zero attached hydrogens (tertiary/aromatic N) is 14. The molecule has 0 aliphatic carbocycles. The maximum absolute atomic E-state index is 14.6. The second-order valence-electron chi connectivity index (χ2n) is 19.8. The Balaban J connectivity index is 0.749. The third-order valence-corrected chi connectivity index (χ3v) is 14.6. The van der Waals surface area contributed by atoms with Crippen molar-refractivity contribution in [1.29, 1.82) is 0 Å². The van der Waals surface area contributed by atoms with Gasteiger partial charge in [-0.2, -0.15) is 0 Å². The van der Waals surface area contributed by atoms with E-state index in [1.807, 2.05) is 38.1 Å². The predicted octanol–water partition coefficient (Wildman–Crippen LogP) is 1.73. The number of primary amides is 1. The third-order valence-electron chi connectivity index (χ3n) is 14.6. The van der Waals surface area contributed by atoms with Crippen molar-refractivity contribution >= 4 is 41.4 Å². The molecule has 0 radical (unpaired) electrons. The Morgan fingerprint density at radius 2 is 0.974 bits per heavy atom. The lowest BCUT2D eigenvalue weighted by molar-refractivity contribution is -0.152. The second-order valence-corrected chi connectivity index (χ2v) is 19.8. The molecule has 0 aromatic carbocycles. The molecule has 6 aromatic heterocycles. The van der Waals surface area contributed by atoms with Crippen LogP contribution in [0.3, 0.4) is 0 Å². The van der Waals surface area contributed by atoms with E-state index in [4.69, 9.17) is 5.73 Å². The summed E-state index contributed by atoms with van der Waals surface area (Å²) >= 11 is 0. The molecule has 6 atom stereocenters. The Labute approximate surface area is 436 Å². The van der Waals surface area contributed by atoms with Crippen molar-refractivity contribution in [1.82, 2.24) is 80.2 Å². The number of nitrogens with one attached hydrogen (secondary N) is 2. The highest BCUT2D eigenvalue weighted by Crippen LogP contribution is 2.34. The van der Waals surface area contributed by atoms with E-state index < -0.39 is 48.1 Å². The first-order valence-electron chi connectivity index (χ1n) is 25.3. The lowest BCUT2D eigenvalue weighted by Gasteiger charge is -2.35. The van der Waals surface area contributed by atoms with Gasteiger partial charge < -0.3 is 36.0 Å². The molecule has 4 saturated heterocycles. The summed E-state index contributed by atoms with van der Waals surface area (Å²) in [6.07, 6.45) is 12.0. The molecule has 0 spiro atoms. The Kier molecular flexibility index (Phi) is 14.4. The van der Waals surface area contributed by atoms with Crippen LogP contribution in [0, 0.1) is 13.8 Å². The van der Waals surface area contributed by atoms with E-state index >= 15 is 0 Å². The summed E-state index contributed by atoms with van der Waals surface area (Å²) in [5, 5.41) is 22.8.